The maximum Gasteiger partial charge on any atom is 0.181 e. The molecule has 0 atom stereocenters. The Bertz CT molecular complexity index is 457. The van der Waals surface area contributed by atoms with Gasteiger partial charge in [0.1, 0.15) is 7.85 Å². The van der Waals surface area contributed by atoms with Gasteiger partial charge in [-0.3, -0.25) is 0 Å². The maximum absolute atomic E-state index is 13.9. The van der Waals surface area contributed by atoms with Crippen molar-refractivity contribution in [2.45, 2.75) is 13.8 Å². The third kappa shape index (κ3) is 6.04. The van der Waals surface area contributed by atoms with Crippen LogP contribution in [0.2, 0.25) is 0 Å². The monoisotopic (exact) mass is 263 g/mol. The van der Waals surface area contributed by atoms with Crippen LogP contribution in [0.3, 0.4) is 0 Å². The van der Waals surface area contributed by atoms with E-state index < -0.39 is 11.7 Å². The fourth-order valence-electron chi connectivity index (χ4n) is 1.10. The molecule has 0 heterocycles. The lowest BCUT2D eigenvalue weighted by molar-refractivity contribution is 0.533. The molecule has 0 aliphatic heterocycles. The van der Waals surface area contributed by atoms with Gasteiger partial charge in [-0.2, -0.15) is 0 Å². The first-order valence-corrected chi connectivity index (χ1v) is 5.99. The van der Waals surface area contributed by atoms with Crippen LogP contribution in [0, 0.1) is 5.92 Å². The third-order valence-corrected chi connectivity index (χ3v) is 2.26. The van der Waals surface area contributed by atoms with Crippen LogP contribution in [0.5, 0.6) is 0 Å². The van der Waals surface area contributed by atoms with E-state index in [0.29, 0.717) is 11.6 Å². The van der Waals surface area contributed by atoms with Crippen molar-refractivity contribution >= 4 is 7.85 Å². The first kappa shape index (κ1) is 17.2. The SMILES string of the molecule is B/C(C=C)=C(F)/C(F)=C(\C=C)NC(=C)/C=C/C(C)C. The van der Waals surface area contributed by atoms with Gasteiger partial charge in [0.2, 0.25) is 0 Å². The molecule has 0 saturated carbocycles. The molecular weight excluding hydrogens is 243 g/mol. The molecule has 0 spiro atoms. The number of hydrogen-bond acceptors (Lipinski definition) is 1. The Hall–Kier alpha value is -1.84. The van der Waals surface area contributed by atoms with Crippen LogP contribution in [0.4, 0.5) is 8.78 Å². The van der Waals surface area contributed by atoms with Crippen molar-refractivity contribution in [2.75, 3.05) is 0 Å². The van der Waals surface area contributed by atoms with Crippen molar-refractivity contribution in [1.82, 2.24) is 5.32 Å². The molecule has 0 aliphatic rings. The Balaban J connectivity index is 5.18. The van der Waals surface area contributed by atoms with Gasteiger partial charge in [-0.1, -0.05) is 51.2 Å². The van der Waals surface area contributed by atoms with E-state index in [1.165, 1.54) is 20.0 Å². The summed E-state index contributed by atoms with van der Waals surface area (Å²) in [4.78, 5) is 0. The van der Waals surface area contributed by atoms with Crippen LogP contribution < -0.4 is 5.32 Å². The van der Waals surface area contributed by atoms with Crippen LogP contribution in [0.25, 0.3) is 0 Å². The van der Waals surface area contributed by atoms with E-state index in [1.54, 1.807) is 6.08 Å². The summed E-state index contributed by atoms with van der Waals surface area (Å²) in [6.45, 7) is 14.6. The zero-order valence-electron chi connectivity index (χ0n) is 11.8. The average molecular weight is 263 g/mol. The number of halogens is 2. The zero-order valence-corrected chi connectivity index (χ0v) is 11.8. The molecule has 0 saturated heterocycles. The fourth-order valence-corrected chi connectivity index (χ4v) is 1.10. The van der Waals surface area contributed by atoms with E-state index >= 15 is 0 Å². The summed E-state index contributed by atoms with van der Waals surface area (Å²) in [5.74, 6) is -1.62. The smallest absolute Gasteiger partial charge is 0.181 e. The van der Waals surface area contributed by atoms with Crippen LogP contribution in [-0.4, -0.2) is 7.85 Å². The Morgan fingerprint density at radius 1 is 1.16 bits per heavy atom. The Kier molecular flexibility index (Phi) is 7.50. The van der Waals surface area contributed by atoms with Crippen molar-refractivity contribution in [3.63, 3.8) is 0 Å². The molecule has 1 N–H and O–H groups in total. The minimum absolute atomic E-state index is 0.0582. The van der Waals surface area contributed by atoms with Crippen molar-refractivity contribution < 1.29 is 8.78 Å². The van der Waals surface area contributed by atoms with Crippen molar-refractivity contribution in [3.8, 4) is 0 Å². The molecule has 0 aromatic carbocycles. The summed E-state index contributed by atoms with van der Waals surface area (Å²) in [5.41, 5.74) is 0.530. The predicted octanol–water partition coefficient (Wildman–Crippen LogP) is 3.67. The lowest BCUT2D eigenvalue weighted by Gasteiger charge is -2.09. The van der Waals surface area contributed by atoms with Crippen LogP contribution in [0.15, 0.2) is 72.6 Å². The van der Waals surface area contributed by atoms with Gasteiger partial charge in [0.25, 0.3) is 0 Å². The standard InChI is InChI=1S/C15H20BF2N/c1-6-12(16)14(17)15(18)13(7-2)19-11(5)9-8-10(3)4/h6-10,19H,1-2,5,16H2,3-4H3/b9-8+,14-12-,15-13-. The van der Waals surface area contributed by atoms with E-state index in [0.717, 1.165) is 0 Å². The Morgan fingerprint density at radius 2 is 1.74 bits per heavy atom. The molecule has 0 aromatic rings. The highest BCUT2D eigenvalue weighted by Gasteiger charge is 2.11. The highest BCUT2D eigenvalue weighted by molar-refractivity contribution is 6.23. The van der Waals surface area contributed by atoms with E-state index in [2.05, 4.69) is 25.1 Å². The second-order valence-corrected chi connectivity index (χ2v) is 4.39. The molecule has 0 radical (unpaired) electrons. The topological polar surface area (TPSA) is 12.0 Å². The maximum atomic E-state index is 13.9. The Labute approximate surface area is 115 Å². The molecule has 102 valence electrons. The molecule has 0 aromatic heterocycles. The molecule has 0 bridgehead atoms. The van der Waals surface area contributed by atoms with Crippen molar-refractivity contribution in [3.05, 3.63) is 72.6 Å². The largest absolute Gasteiger partial charge is 0.354 e. The highest BCUT2D eigenvalue weighted by atomic mass is 19.2. The number of allylic oxidation sites excluding steroid dienone is 7. The quantitative estimate of drug-likeness (QED) is 0.546. The second kappa shape index (κ2) is 8.30. The summed E-state index contributed by atoms with van der Waals surface area (Å²) in [6, 6.07) is 0. The van der Waals surface area contributed by atoms with Gasteiger partial charge in [-0.05, 0) is 18.1 Å². The van der Waals surface area contributed by atoms with Crippen molar-refractivity contribution in [2.24, 2.45) is 5.92 Å². The summed E-state index contributed by atoms with van der Waals surface area (Å²) in [6.07, 6.45) is 6.07. The van der Waals surface area contributed by atoms with E-state index in [-0.39, 0.29) is 11.2 Å². The highest BCUT2D eigenvalue weighted by Crippen LogP contribution is 2.20. The van der Waals surface area contributed by atoms with Gasteiger partial charge in [0, 0.05) is 5.70 Å². The van der Waals surface area contributed by atoms with Crippen molar-refractivity contribution in [1.29, 1.82) is 0 Å². The molecule has 0 rings (SSSR count). The molecule has 0 unspecified atom stereocenters. The molecule has 0 fully saturated rings. The number of hydrogen-bond donors (Lipinski definition) is 1. The molecule has 0 amide bonds. The minimum Gasteiger partial charge on any atom is -0.354 e. The van der Waals surface area contributed by atoms with Gasteiger partial charge < -0.3 is 5.32 Å². The van der Waals surface area contributed by atoms with Crippen LogP contribution in [-0.2, 0) is 0 Å². The van der Waals surface area contributed by atoms with E-state index in [9.17, 15) is 8.78 Å². The van der Waals surface area contributed by atoms with Gasteiger partial charge in [-0.25, -0.2) is 8.78 Å². The van der Waals surface area contributed by atoms with E-state index in [4.69, 9.17) is 0 Å². The molecule has 0 aliphatic carbocycles. The minimum atomic E-state index is -1.01. The third-order valence-electron chi connectivity index (χ3n) is 2.26. The summed E-state index contributed by atoms with van der Waals surface area (Å²) in [5, 5.41) is 2.68. The number of nitrogens with one attached hydrogen (secondary N) is 1. The lowest BCUT2D eigenvalue weighted by atomic mass is 9.94. The lowest BCUT2D eigenvalue weighted by Crippen LogP contribution is -2.11. The Morgan fingerprint density at radius 3 is 2.16 bits per heavy atom. The summed E-state index contributed by atoms with van der Waals surface area (Å²) < 4.78 is 27.5. The fraction of sp³-hybridized carbons (Fsp3) is 0.200. The molecule has 4 heteroatoms. The van der Waals surface area contributed by atoms with Crippen LogP contribution >= 0.6 is 0 Å². The second-order valence-electron chi connectivity index (χ2n) is 4.39. The number of rotatable bonds is 7. The molecular formula is C15H20BF2N. The van der Waals surface area contributed by atoms with E-state index in [1.807, 2.05) is 19.9 Å². The van der Waals surface area contributed by atoms with Gasteiger partial charge in [0.05, 0.1) is 5.70 Å². The first-order valence-electron chi connectivity index (χ1n) is 5.99. The summed E-state index contributed by atoms with van der Waals surface area (Å²) >= 11 is 0. The average Bonchev–Trinajstić information content (AvgIpc) is 2.39. The molecule has 1 nitrogen and oxygen atoms in total. The van der Waals surface area contributed by atoms with Gasteiger partial charge >= 0.3 is 0 Å². The first-order chi connectivity index (χ1) is 8.83. The molecule has 19 heavy (non-hydrogen) atoms. The van der Waals surface area contributed by atoms with Gasteiger partial charge in [-0.15, -0.1) is 0 Å². The van der Waals surface area contributed by atoms with Crippen LogP contribution in [0.1, 0.15) is 13.8 Å². The predicted molar refractivity (Wildman–Crippen MR) is 81.5 cm³/mol. The zero-order chi connectivity index (χ0) is 15.0. The van der Waals surface area contributed by atoms with Gasteiger partial charge in [0.15, 0.2) is 11.7 Å². The summed E-state index contributed by atoms with van der Waals surface area (Å²) in [7, 11) is 1.44. The normalized spacial score (nSPS) is 13.9.